The summed E-state index contributed by atoms with van der Waals surface area (Å²) in [7, 11) is 1.49. The summed E-state index contributed by atoms with van der Waals surface area (Å²) in [5.41, 5.74) is 1.24. The van der Waals surface area contributed by atoms with Gasteiger partial charge >= 0.3 is 8.05 Å². The summed E-state index contributed by atoms with van der Waals surface area (Å²) in [5, 5.41) is 1.23. The smallest absolute Gasteiger partial charge is 0.325 e. The van der Waals surface area contributed by atoms with Crippen molar-refractivity contribution in [3.63, 3.8) is 0 Å². The molecule has 1 aliphatic heterocycles. The number of likely N-dealkylation sites (tertiary alicyclic amines) is 1. The van der Waals surface area contributed by atoms with E-state index in [1.807, 2.05) is 12.1 Å². The molecule has 0 saturated carbocycles. The van der Waals surface area contributed by atoms with Crippen molar-refractivity contribution in [1.29, 1.82) is 0 Å². The van der Waals surface area contributed by atoms with Gasteiger partial charge in [-0.3, -0.25) is 9.69 Å². The molecule has 0 radical (unpaired) electrons. The van der Waals surface area contributed by atoms with Gasteiger partial charge in [0.2, 0.25) is 0 Å². The molecule has 6 heteroatoms. The average Bonchev–Trinajstić information content (AvgIpc) is 3.08. The lowest BCUT2D eigenvalue weighted by molar-refractivity contribution is -0.139. The lowest BCUT2D eigenvalue weighted by Crippen LogP contribution is -2.26. The maximum absolute atomic E-state index is 11.9. The molecule has 2 unspecified atom stereocenters. The first-order chi connectivity index (χ1) is 12.1. The zero-order valence-corrected chi connectivity index (χ0v) is 16.8. The molecule has 1 aromatic carbocycles. The highest BCUT2D eigenvalue weighted by Crippen LogP contribution is 2.35. The van der Waals surface area contributed by atoms with Crippen molar-refractivity contribution in [3.8, 4) is 0 Å². The van der Waals surface area contributed by atoms with Crippen LogP contribution < -0.4 is 0 Å². The minimum Gasteiger partial charge on any atom is -0.543 e. The van der Waals surface area contributed by atoms with E-state index in [9.17, 15) is 4.79 Å². The van der Waals surface area contributed by atoms with Gasteiger partial charge in [-0.1, -0.05) is 49.0 Å². The van der Waals surface area contributed by atoms with E-state index in [2.05, 4.69) is 17.9 Å². The van der Waals surface area contributed by atoms with Gasteiger partial charge in [-0.25, -0.2) is 0 Å². The van der Waals surface area contributed by atoms with E-state index in [0.29, 0.717) is 16.1 Å². The molecule has 2 atom stereocenters. The van der Waals surface area contributed by atoms with Crippen LogP contribution in [-0.2, 0) is 9.45 Å². The van der Waals surface area contributed by atoms with Crippen LogP contribution in [0.3, 0.4) is 0 Å². The van der Waals surface area contributed by atoms with E-state index < -0.39 is 0 Å². The van der Waals surface area contributed by atoms with E-state index in [4.69, 9.17) is 27.9 Å². The molecule has 2 rings (SSSR count). The van der Waals surface area contributed by atoms with Crippen molar-refractivity contribution in [1.82, 2.24) is 4.90 Å². The van der Waals surface area contributed by atoms with Crippen molar-refractivity contribution in [3.05, 3.63) is 33.8 Å². The van der Waals surface area contributed by atoms with E-state index in [-0.39, 0.29) is 11.9 Å². The lowest BCUT2D eigenvalue weighted by Gasteiger charge is -2.26. The normalized spacial score (nSPS) is 19.1. The zero-order chi connectivity index (χ0) is 18.2. The third-order valence-corrected chi connectivity index (χ3v) is 5.87. The molecule has 1 saturated heterocycles. The highest BCUT2D eigenvalue weighted by atomic mass is 35.5. The number of hydrogen-bond donors (Lipinski definition) is 0. The SMILES string of the molecule is BOC(=O)C(CCCC)CCCN1CCCC1c1ccc(Cl)c(Cl)c1. The summed E-state index contributed by atoms with van der Waals surface area (Å²) in [5.74, 6) is -0.0214. The molecule has 3 nitrogen and oxygen atoms in total. The second-order valence-corrected chi connectivity index (χ2v) is 7.69. The fourth-order valence-corrected chi connectivity index (χ4v) is 4.04. The first kappa shape index (κ1) is 20.6. The number of nitrogens with zero attached hydrogens (tertiary/aromatic N) is 1. The van der Waals surface area contributed by atoms with Gasteiger partial charge in [0.05, 0.1) is 16.0 Å². The molecule has 138 valence electrons. The summed E-state index contributed by atoms with van der Waals surface area (Å²) in [6, 6.07) is 6.36. The molecular weight excluding hydrogens is 356 g/mol. The molecule has 1 aliphatic rings. The van der Waals surface area contributed by atoms with Crippen molar-refractivity contribution in [2.24, 2.45) is 5.92 Å². The Kier molecular flexibility index (Phi) is 8.61. The fourth-order valence-electron chi connectivity index (χ4n) is 3.73. The maximum atomic E-state index is 11.9. The fraction of sp³-hybridized carbons (Fsp3) is 0.632. The van der Waals surface area contributed by atoms with Gasteiger partial charge in [-0.05, 0) is 62.9 Å². The Morgan fingerprint density at radius 2 is 2.08 bits per heavy atom. The van der Waals surface area contributed by atoms with Crippen LogP contribution in [0.5, 0.6) is 0 Å². The number of rotatable bonds is 9. The standard InChI is InChI=1S/C19H28BCl2NO2/c1-2-3-6-14(19(24)25-20)7-4-11-23-12-5-8-18(23)15-9-10-16(21)17(22)13-15/h9-10,13-14,18H,2-8,11-12,20H2,1H3. The number of carbonyl (C=O) groups is 1. The molecule has 1 heterocycles. The summed E-state index contributed by atoms with van der Waals surface area (Å²) < 4.78 is 4.97. The van der Waals surface area contributed by atoms with Crippen molar-refractivity contribution in [2.45, 2.75) is 57.9 Å². The molecule has 0 aliphatic carbocycles. The van der Waals surface area contributed by atoms with E-state index in [0.717, 1.165) is 51.6 Å². The second kappa shape index (κ2) is 10.4. The molecule has 0 amide bonds. The number of benzene rings is 1. The number of hydrogen-bond acceptors (Lipinski definition) is 3. The second-order valence-electron chi connectivity index (χ2n) is 6.87. The monoisotopic (exact) mass is 383 g/mol. The quantitative estimate of drug-likeness (QED) is 0.573. The summed E-state index contributed by atoms with van der Waals surface area (Å²) >= 11 is 12.2. The minimum absolute atomic E-state index is 0.0379. The minimum atomic E-state index is -0.0593. The summed E-state index contributed by atoms with van der Waals surface area (Å²) in [6.07, 6.45) is 7.38. The van der Waals surface area contributed by atoms with Crippen molar-refractivity contribution >= 4 is 37.2 Å². The first-order valence-electron chi connectivity index (χ1n) is 9.33. The first-order valence-corrected chi connectivity index (χ1v) is 10.1. The topological polar surface area (TPSA) is 29.5 Å². The number of unbranched alkanes of at least 4 members (excludes halogenated alkanes) is 1. The summed E-state index contributed by atoms with van der Waals surface area (Å²) in [6.45, 7) is 4.26. The van der Waals surface area contributed by atoms with Crippen LogP contribution in [0.2, 0.25) is 10.0 Å². The zero-order valence-electron chi connectivity index (χ0n) is 15.3. The molecule has 0 spiro atoms. The van der Waals surface area contributed by atoms with Gasteiger partial charge < -0.3 is 4.65 Å². The van der Waals surface area contributed by atoms with E-state index >= 15 is 0 Å². The van der Waals surface area contributed by atoms with Crippen molar-refractivity contribution in [2.75, 3.05) is 13.1 Å². The van der Waals surface area contributed by atoms with E-state index in [1.165, 1.54) is 20.0 Å². The van der Waals surface area contributed by atoms with Crippen LogP contribution in [0.1, 0.15) is 63.5 Å². The molecule has 0 bridgehead atoms. The highest BCUT2D eigenvalue weighted by Gasteiger charge is 2.26. The van der Waals surface area contributed by atoms with E-state index in [1.54, 1.807) is 0 Å². The predicted molar refractivity (Wildman–Crippen MR) is 107 cm³/mol. The third kappa shape index (κ3) is 5.91. The Bertz CT molecular complexity index is 570. The number of halogens is 2. The Morgan fingerprint density at radius 1 is 1.32 bits per heavy atom. The predicted octanol–water partition coefficient (Wildman–Crippen LogP) is 4.81. The summed E-state index contributed by atoms with van der Waals surface area (Å²) in [4.78, 5) is 14.4. The van der Waals surface area contributed by atoms with Crippen LogP contribution in [-0.4, -0.2) is 32.0 Å². The maximum Gasteiger partial charge on any atom is 0.325 e. The molecule has 0 aromatic heterocycles. The highest BCUT2D eigenvalue weighted by molar-refractivity contribution is 6.42. The third-order valence-electron chi connectivity index (χ3n) is 5.13. The van der Waals surface area contributed by atoms with Gasteiger partial charge in [-0.15, -0.1) is 0 Å². The van der Waals surface area contributed by atoms with Crippen LogP contribution in [0.25, 0.3) is 0 Å². The Balaban J connectivity index is 1.90. The molecule has 1 aromatic rings. The van der Waals surface area contributed by atoms with Crippen LogP contribution in [0, 0.1) is 5.92 Å². The van der Waals surface area contributed by atoms with Crippen molar-refractivity contribution < 1.29 is 9.45 Å². The largest absolute Gasteiger partial charge is 0.543 e. The molecule has 25 heavy (non-hydrogen) atoms. The van der Waals surface area contributed by atoms with Gasteiger partial charge in [0.15, 0.2) is 0 Å². The van der Waals surface area contributed by atoms with Crippen LogP contribution in [0.15, 0.2) is 18.2 Å². The number of carbonyl (C=O) groups excluding carboxylic acids is 1. The van der Waals surface area contributed by atoms with Gasteiger partial charge in [-0.2, -0.15) is 0 Å². The van der Waals surface area contributed by atoms with Gasteiger partial charge in [0, 0.05) is 6.04 Å². The Morgan fingerprint density at radius 3 is 2.76 bits per heavy atom. The average molecular weight is 384 g/mol. The molecule has 0 N–H and O–H groups in total. The molecular formula is C19H28BCl2NO2. The lowest BCUT2D eigenvalue weighted by atomic mass is 9.96. The van der Waals surface area contributed by atoms with Gasteiger partial charge in [0.25, 0.3) is 5.97 Å². The molecule has 1 fully saturated rings. The van der Waals surface area contributed by atoms with Crippen LogP contribution in [0.4, 0.5) is 0 Å². The Labute approximate surface area is 162 Å². The van der Waals surface area contributed by atoms with Gasteiger partial charge in [0.1, 0.15) is 0 Å². The van der Waals surface area contributed by atoms with Crippen LogP contribution >= 0.6 is 23.2 Å². The Hall–Kier alpha value is -0.705.